The summed E-state index contributed by atoms with van der Waals surface area (Å²) in [5.41, 5.74) is 2.48. The highest BCUT2D eigenvalue weighted by Gasteiger charge is 2.30. The molecule has 2 N–H and O–H groups in total. The number of benzene rings is 2. The maximum Gasteiger partial charge on any atom is 0.405 e. The van der Waals surface area contributed by atoms with Gasteiger partial charge in [-0.2, -0.15) is 13.2 Å². The van der Waals surface area contributed by atoms with Crippen molar-refractivity contribution in [3.8, 4) is 28.6 Å². The molecule has 1 aliphatic heterocycles. The van der Waals surface area contributed by atoms with Crippen LogP contribution in [0.5, 0.6) is 11.5 Å². The Balaban J connectivity index is 1.79. The summed E-state index contributed by atoms with van der Waals surface area (Å²) in [5, 5.41) is 20.7. The number of phenols is 1. The Morgan fingerprint density at radius 3 is 2.29 bits per heavy atom. The maximum atomic E-state index is 12.8. The van der Waals surface area contributed by atoms with Gasteiger partial charge in [-0.1, -0.05) is 13.8 Å². The number of halogens is 3. The number of nitrogens with one attached hydrogen (secondary N) is 1. The summed E-state index contributed by atoms with van der Waals surface area (Å²) in [6, 6.07) is 10.4. The number of aromatic hydroxyl groups is 1. The predicted octanol–water partition coefficient (Wildman–Crippen LogP) is 3.82. The quantitative estimate of drug-likeness (QED) is 0.478. The van der Waals surface area contributed by atoms with Gasteiger partial charge in [-0.25, -0.2) is 0 Å². The van der Waals surface area contributed by atoms with Crippen molar-refractivity contribution in [2.75, 3.05) is 51.8 Å². The number of hydrogen-bond acceptors (Lipinski definition) is 7. The Labute approximate surface area is 218 Å². The van der Waals surface area contributed by atoms with E-state index in [1.54, 1.807) is 18.2 Å². The van der Waals surface area contributed by atoms with E-state index in [9.17, 15) is 23.1 Å². The lowest BCUT2D eigenvalue weighted by Crippen LogP contribution is -2.44. The summed E-state index contributed by atoms with van der Waals surface area (Å²) in [4.78, 5) is 17.3. The molecule has 1 saturated heterocycles. The van der Waals surface area contributed by atoms with Gasteiger partial charge in [0.25, 0.3) is 5.91 Å². The molecule has 1 aliphatic rings. The molecule has 1 aromatic heterocycles. The molecule has 3 aromatic rings. The lowest BCUT2D eigenvalue weighted by Gasteiger charge is -2.34. The highest BCUT2D eigenvalue weighted by molar-refractivity contribution is 5.92. The molecule has 0 atom stereocenters. The van der Waals surface area contributed by atoms with Crippen molar-refractivity contribution in [3.63, 3.8) is 0 Å². The van der Waals surface area contributed by atoms with Crippen molar-refractivity contribution in [3.05, 3.63) is 47.8 Å². The van der Waals surface area contributed by atoms with Gasteiger partial charge in [-0.15, -0.1) is 10.2 Å². The Kier molecular flexibility index (Phi) is 7.81. The number of carbonyl (C=O) groups is 1. The normalized spacial score (nSPS) is 14.7. The van der Waals surface area contributed by atoms with E-state index >= 15 is 0 Å². The summed E-state index contributed by atoms with van der Waals surface area (Å²) in [5.74, 6) is -0.933. The summed E-state index contributed by atoms with van der Waals surface area (Å²) < 4.78 is 45.2. The number of aromatic nitrogens is 3. The molecule has 2 aromatic carbocycles. The summed E-state index contributed by atoms with van der Waals surface area (Å²) in [7, 11) is 3.56. The molecule has 38 heavy (non-hydrogen) atoms. The first-order valence-electron chi connectivity index (χ1n) is 12.2. The molecule has 9 nitrogen and oxygen atoms in total. The zero-order valence-electron chi connectivity index (χ0n) is 21.7. The number of amides is 1. The molecule has 1 fully saturated rings. The van der Waals surface area contributed by atoms with Crippen LogP contribution in [0.2, 0.25) is 0 Å². The largest absolute Gasteiger partial charge is 0.507 e. The Bertz CT molecular complexity index is 1280. The van der Waals surface area contributed by atoms with Crippen LogP contribution < -0.4 is 15.0 Å². The minimum atomic E-state index is -4.59. The fourth-order valence-corrected chi connectivity index (χ4v) is 4.38. The lowest BCUT2D eigenvalue weighted by molar-refractivity contribution is -0.123. The van der Waals surface area contributed by atoms with E-state index < -0.39 is 18.6 Å². The van der Waals surface area contributed by atoms with Crippen molar-refractivity contribution < 1.29 is 27.8 Å². The first kappa shape index (κ1) is 27.2. The number of anilines is 1. The Morgan fingerprint density at radius 2 is 1.71 bits per heavy atom. The van der Waals surface area contributed by atoms with Crippen LogP contribution in [0, 0.1) is 0 Å². The molecule has 0 unspecified atom stereocenters. The molecule has 0 radical (unpaired) electrons. The molecule has 12 heteroatoms. The molecular formula is C26H31F3N6O3. The molecule has 0 spiro atoms. The van der Waals surface area contributed by atoms with Gasteiger partial charge in [0.1, 0.15) is 18.0 Å². The number of methoxy groups -OCH3 is 1. The molecule has 4 rings (SSSR count). The van der Waals surface area contributed by atoms with Gasteiger partial charge < -0.3 is 25.0 Å². The molecule has 204 valence electrons. The van der Waals surface area contributed by atoms with Crippen molar-refractivity contribution in [2.45, 2.75) is 25.9 Å². The van der Waals surface area contributed by atoms with Crippen LogP contribution in [-0.2, 0) is 0 Å². The van der Waals surface area contributed by atoms with Gasteiger partial charge in [0.2, 0.25) is 5.82 Å². The SMILES string of the molecule is COc1cc(O)c(-c2nnc(C(=O)NCC(F)(F)F)n2-c2ccc(N3CCN(C)CC3)cc2)cc1C(C)C. The highest BCUT2D eigenvalue weighted by Crippen LogP contribution is 2.38. The van der Waals surface area contributed by atoms with Gasteiger partial charge in [0, 0.05) is 43.6 Å². The molecule has 1 amide bonds. The topological polar surface area (TPSA) is 95.8 Å². The second kappa shape index (κ2) is 10.9. The number of nitrogens with zero attached hydrogens (tertiary/aromatic N) is 5. The minimum Gasteiger partial charge on any atom is -0.507 e. The van der Waals surface area contributed by atoms with Crippen molar-refractivity contribution in [1.29, 1.82) is 0 Å². The minimum absolute atomic E-state index is 0.0260. The number of alkyl halides is 3. The first-order valence-corrected chi connectivity index (χ1v) is 12.2. The smallest absolute Gasteiger partial charge is 0.405 e. The third kappa shape index (κ3) is 5.85. The zero-order valence-corrected chi connectivity index (χ0v) is 21.7. The average Bonchev–Trinajstić information content (AvgIpc) is 3.32. The summed E-state index contributed by atoms with van der Waals surface area (Å²) in [6.45, 7) is 5.97. The number of phenolic OH excluding ortho intramolecular Hbond substituents is 1. The molecule has 0 bridgehead atoms. The fraction of sp³-hybridized carbons (Fsp3) is 0.423. The third-order valence-corrected chi connectivity index (χ3v) is 6.50. The Hall–Kier alpha value is -3.80. The summed E-state index contributed by atoms with van der Waals surface area (Å²) in [6.07, 6.45) is -4.59. The van der Waals surface area contributed by atoms with Gasteiger partial charge >= 0.3 is 6.18 Å². The first-order chi connectivity index (χ1) is 18.0. The van der Waals surface area contributed by atoms with Gasteiger partial charge in [-0.05, 0) is 48.9 Å². The zero-order chi connectivity index (χ0) is 27.6. The number of rotatable bonds is 7. The number of ether oxygens (including phenoxy) is 1. The number of carbonyl (C=O) groups excluding carboxylic acids is 1. The van der Waals surface area contributed by atoms with Crippen LogP contribution in [0.4, 0.5) is 18.9 Å². The van der Waals surface area contributed by atoms with E-state index in [4.69, 9.17) is 4.74 Å². The standard InChI is InChI=1S/C26H31F3N6O3/c1-16(2)19-13-20(21(36)14-22(19)38-4)23-31-32-24(25(37)30-15-26(27,28)29)35(23)18-7-5-17(6-8-18)34-11-9-33(3)10-12-34/h5-8,13-14,16,36H,9-12,15H2,1-4H3,(H,30,37). The second-order valence-corrected chi connectivity index (χ2v) is 9.55. The molecule has 0 saturated carbocycles. The number of piperazine rings is 1. The van der Waals surface area contributed by atoms with Crippen LogP contribution in [0.3, 0.4) is 0 Å². The van der Waals surface area contributed by atoms with Gasteiger partial charge in [0.15, 0.2) is 5.82 Å². The van der Waals surface area contributed by atoms with Crippen LogP contribution in [0.25, 0.3) is 17.1 Å². The Morgan fingerprint density at radius 1 is 1.08 bits per heavy atom. The van der Waals surface area contributed by atoms with Gasteiger partial charge in [-0.3, -0.25) is 9.36 Å². The highest BCUT2D eigenvalue weighted by atomic mass is 19.4. The van der Waals surface area contributed by atoms with E-state index in [-0.39, 0.29) is 28.9 Å². The molecule has 2 heterocycles. The summed E-state index contributed by atoms with van der Waals surface area (Å²) >= 11 is 0. The van der Waals surface area contributed by atoms with Crippen LogP contribution in [0.1, 0.15) is 35.9 Å². The van der Waals surface area contributed by atoms with Crippen molar-refractivity contribution in [1.82, 2.24) is 25.0 Å². The van der Waals surface area contributed by atoms with Crippen LogP contribution >= 0.6 is 0 Å². The number of hydrogen-bond donors (Lipinski definition) is 2. The predicted molar refractivity (Wildman–Crippen MR) is 137 cm³/mol. The molecule has 0 aliphatic carbocycles. The van der Waals surface area contributed by atoms with Gasteiger partial charge in [0.05, 0.1) is 12.7 Å². The fourth-order valence-electron chi connectivity index (χ4n) is 4.38. The lowest BCUT2D eigenvalue weighted by atomic mass is 9.98. The van der Waals surface area contributed by atoms with E-state index in [0.717, 1.165) is 37.4 Å². The van der Waals surface area contributed by atoms with E-state index in [2.05, 4.69) is 27.0 Å². The van der Waals surface area contributed by atoms with E-state index in [1.165, 1.54) is 17.7 Å². The van der Waals surface area contributed by atoms with Crippen LogP contribution in [-0.4, -0.2) is 83.7 Å². The average molecular weight is 533 g/mol. The monoisotopic (exact) mass is 532 g/mol. The third-order valence-electron chi connectivity index (χ3n) is 6.50. The second-order valence-electron chi connectivity index (χ2n) is 9.55. The maximum absolute atomic E-state index is 12.8. The van der Waals surface area contributed by atoms with Crippen LogP contribution in [0.15, 0.2) is 36.4 Å². The van der Waals surface area contributed by atoms with E-state index in [1.807, 2.05) is 31.3 Å². The molecular weight excluding hydrogens is 501 g/mol. The number of likely N-dealkylation sites (N-methyl/N-ethyl adjacent to an activating group) is 1. The van der Waals surface area contributed by atoms with Crippen molar-refractivity contribution >= 4 is 11.6 Å². The van der Waals surface area contributed by atoms with Crippen molar-refractivity contribution in [2.24, 2.45) is 0 Å². The van der Waals surface area contributed by atoms with E-state index in [0.29, 0.717) is 11.4 Å².